The molecule has 21 nitrogen and oxygen atoms in total. The Morgan fingerprint density at radius 1 is 0.845 bits per heavy atom. The minimum atomic E-state index is -3.77. The minimum Gasteiger partial charge on any atom is -0.461 e. The Bertz CT molecular complexity index is 2430. The summed E-state index contributed by atoms with van der Waals surface area (Å²) in [5.41, 5.74) is -2.78. The molecule has 0 bridgehead atoms. The average molecular weight is 1210 g/mol. The molecular weight excluding hydrogens is 1110 g/mol. The number of hydrogen-bond acceptors (Lipinski definition) is 20. The summed E-state index contributed by atoms with van der Waals surface area (Å²) in [5.74, 6) is -8.11. The fraction of sp³-hybridized carbons (Fsp3) is 0.806. The van der Waals surface area contributed by atoms with Crippen LogP contribution in [0.4, 0.5) is 4.79 Å². The number of hydrogen-bond donors (Lipinski definition) is 3. The maximum Gasteiger partial charge on any atom is 0.408 e. The van der Waals surface area contributed by atoms with Crippen LogP contribution in [0.2, 0.25) is 0 Å². The molecule has 1 aromatic rings. The van der Waals surface area contributed by atoms with E-state index in [2.05, 4.69) is 23.7 Å². The quantitative estimate of drug-likeness (QED) is 0.0702. The SMILES string of the molecule is C=C1C[C@@H](C)O[C@@H](O[C@@H]2[C@@H](C)[C@H](O[C@H]3C[C@@H](C)N(C)C[C@H](C)O3)[C@@H](C)C(=O)O[C@H]([C@@H](C)CO[C@@H]3O[C@H](C)[C@@H](O)[C@@H](OC)[C@H]3OC)[C@H](C)[C@@H](OC(=O)CC(C)C)[C@@H](C)C(=O)[C@@](C)(OC(=O)NC(C)(C)CCS(=O)(=O)c3ccccc3)C[C@@H]2C)[C@@H]1O. The lowest BCUT2D eigenvalue weighted by molar-refractivity contribution is -0.305. The van der Waals surface area contributed by atoms with E-state index in [-0.39, 0.29) is 54.6 Å². The van der Waals surface area contributed by atoms with Gasteiger partial charge in [-0.3, -0.25) is 14.4 Å². The number of esters is 2. The summed E-state index contributed by atoms with van der Waals surface area (Å²) in [5, 5.41) is 25.5. The lowest BCUT2D eigenvalue weighted by Crippen LogP contribution is -2.59. The van der Waals surface area contributed by atoms with E-state index in [9.17, 15) is 28.2 Å². The van der Waals surface area contributed by atoms with Crippen molar-refractivity contribution in [2.75, 3.05) is 40.2 Å². The number of methoxy groups -OCH3 is 2. The average Bonchev–Trinajstić information content (AvgIpc) is 2.76. The fourth-order valence-electron chi connectivity index (χ4n) is 12.4. The number of rotatable bonds is 19. The molecular formula is C62H102N2O19S. The van der Waals surface area contributed by atoms with E-state index in [1.54, 1.807) is 73.6 Å². The molecule has 4 aliphatic rings. The maximum absolute atomic E-state index is 16.0. The summed E-state index contributed by atoms with van der Waals surface area (Å²) in [6.07, 6.45) is -13.8. The number of aliphatic hydroxyl groups excluding tert-OH is 2. The highest BCUT2D eigenvalue weighted by molar-refractivity contribution is 7.91. The summed E-state index contributed by atoms with van der Waals surface area (Å²) in [6, 6.07) is 7.98. The molecule has 480 valence electrons. The molecule has 22 heteroatoms. The van der Waals surface area contributed by atoms with Crippen molar-refractivity contribution < 1.29 is 89.9 Å². The Balaban J connectivity index is 1.69. The van der Waals surface area contributed by atoms with Crippen molar-refractivity contribution in [2.24, 2.45) is 41.4 Å². The number of nitrogens with zero attached hydrogens (tertiary/aromatic N) is 1. The number of likely N-dealkylation sites (N-methyl/N-ethyl adjacent to an activating group) is 1. The largest absolute Gasteiger partial charge is 0.461 e. The van der Waals surface area contributed by atoms with Gasteiger partial charge in [0.1, 0.15) is 36.6 Å². The van der Waals surface area contributed by atoms with Crippen LogP contribution in [-0.2, 0) is 76.3 Å². The van der Waals surface area contributed by atoms with Gasteiger partial charge in [-0.25, -0.2) is 13.2 Å². The number of aliphatic hydroxyl groups is 2. The van der Waals surface area contributed by atoms with E-state index in [1.807, 2.05) is 41.7 Å². The van der Waals surface area contributed by atoms with Crippen molar-refractivity contribution in [1.29, 1.82) is 0 Å². The van der Waals surface area contributed by atoms with Crippen molar-refractivity contribution >= 4 is 33.7 Å². The molecule has 22 atom stereocenters. The van der Waals surface area contributed by atoms with Gasteiger partial charge < -0.3 is 72.5 Å². The van der Waals surface area contributed by atoms with Gasteiger partial charge in [-0.2, -0.15) is 0 Å². The van der Waals surface area contributed by atoms with E-state index in [0.29, 0.717) is 25.0 Å². The highest BCUT2D eigenvalue weighted by Gasteiger charge is 2.53. The summed E-state index contributed by atoms with van der Waals surface area (Å²) < 4.78 is 97.4. The van der Waals surface area contributed by atoms with E-state index >= 15 is 9.59 Å². The number of ether oxygens (including phenoxy) is 11. The van der Waals surface area contributed by atoms with Crippen molar-refractivity contribution in [2.45, 2.75) is 244 Å². The molecule has 4 fully saturated rings. The van der Waals surface area contributed by atoms with Gasteiger partial charge in [0.25, 0.3) is 0 Å². The Hall–Kier alpha value is -3.65. The molecule has 0 aliphatic carbocycles. The van der Waals surface area contributed by atoms with Crippen molar-refractivity contribution in [3.63, 3.8) is 0 Å². The van der Waals surface area contributed by atoms with E-state index < -0.39 is 160 Å². The molecule has 4 aliphatic heterocycles. The van der Waals surface area contributed by atoms with Crippen molar-refractivity contribution in [1.82, 2.24) is 10.2 Å². The normalized spacial score (nSPS) is 37.8. The number of alkyl carbamates (subject to hydrolysis) is 1. The van der Waals surface area contributed by atoms with Crippen LogP contribution in [0.15, 0.2) is 47.4 Å². The van der Waals surface area contributed by atoms with Crippen LogP contribution in [-0.4, -0.2) is 191 Å². The number of ketones is 1. The summed E-state index contributed by atoms with van der Waals surface area (Å²) in [4.78, 5) is 62.5. The Morgan fingerprint density at radius 3 is 2.11 bits per heavy atom. The molecule has 0 spiro atoms. The summed E-state index contributed by atoms with van der Waals surface area (Å²) in [6.45, 7) is 31.0. The zero-order valence-corrected chi connectivity index (χ0v) is 54.0. The van der Waals surface area contributed by atoms with Gasteiger partial charge in [0.2, 0.25) is 0 Å². The first-order valence-electron chi connectivity index (χ1n) is 30.1. The molecule has 0 radical (unpaired) electrons. The van der Waals surface area contributed by atoms with Gasteiger partial charge in [0, 0.05) is 62.9 Å². The maximum atomic E-state index is 16.0. The van der Waals surface area contributed by atoms with Gasteiger partial charge in [-0.05, 0) is 111 Å². The Morgan fingerprint density at radius 2 is 1.49 bits per heavy atom. The Kier molecular flexibility index (Phi) is 25.8. The second kappa shape index (κ2) is 30.5. The predicted octanol–water partition coefficient (Wildman–Crippen LogP) is 7.20. The number of amides is 1. The molecule has 4 saturated heterocycles. The van der Waals surface area contributed by atoms with E-state index in [4.69, 9.17) is 52.1 Å². The van der Waals surface area contributed by atoms with Crippen LogP contribution in [0, 0.1) is 41.4 Å². The fourth-order valence-corrected chi connectivity index (χ4v) is 13.9. The van der Waals surface area contributed by atoms with Crippen LogP contribution >= 0.6 is 0 Å². The molecule has 1 amide bonds. The number of benzene rings is 1. The smallest absolute Gasteiger partial charge is 0.408 e. The van der Waals surface area contributed by atoms with Gasteiger partial charge in [-0.1, -0.05) is 73.2 Å². The van der Waals surface area contributed by atoms with Crippen LogP contribution in [0.5, 0.6) is 0 Å². The van der Waals surface area contributed by atoms with E-state index in [0.717, 1.165) is 0 Å². The summed E-state index contributed by atoms with van der Waals surface area (Å²) in [7, 11) is 1.12. The van der Waals surface area contributed by atoms with Gasteiger partial charge >= 0.3 is 18.0 Å². The standard InChI is InChI=1S/C62H102N2O19S/c1-33(2)27-46(65)79-52-41(10)51(36(5)32-75-59-55(74-19)54(73-18)49(67)44(13)78-59)81-57(69)43(12)53(80-47-29-37(6)64(17)31-39(8)76-47)40(9)50(82-58-48(66)34(3)28-38(7)77-58)35(4)30-62(16,56(68)42(52)11)83-60(70)63-61(14,15)25-26-84(71,72)45-23-21-20-22-24-45/h20-24,33,35-44,47-55,58-59,66-67H,3,25-32H2,1-2,4-19H3,(H,63,70)/t35-,36-,37+,38+,39-,40+,41-,42+,43+,44+,47-,48+,49+,50-,51+,52+,53-,54+,55+,58-,59+,62-/m0/s1. The molecule has 4 heterocycles. The van der Waals surface area contributed by atoms with Crippen LogP contribution in [0.1, 0.15) is 136 Å². The lowest BCUT2D eigenvalue weighted by Gasteiger charge is -2.45. The highest BCUT2D eigenvalue weighted by Crippen LogP contribution is 2.41. The third-order valence-electron chi connectivity index (χ3n) is 17.4. The summed E-state index contributed by atoms with van der Waals surface area (Å²) >= 11 is 0. The number of carbonyl (C=O) groups excluding carboxylic acids is 4. The molecule has 0 saturated carbocycles. The molecule has 0 unspecified atom stereocenters. The monoisotopic (exact) mass is 1210 g/mol. The second-order valence-electron chi connectivity index (χ2n) is 25.9. The number of nitrogens with one attached hydrogen (secondary N) is 1. The number of Topliss-reactive ketones (excluding diaryl/α,β-unsaturated/α-hetero) is 1. The predicted molar refractivity (Wildman–Crippen MR) is 312 cm³/mol. The number of sulfone groups is 1. The number of carbonyl (C=O) groups is 4. The zero-order valence-electron chi connectivity index (χ0n) is 53.1. The van der Waals surface area contributed by atoms with E-state index in [1.165, 1.54) is 33.3 Å². The molecule has 5 rings (SSSR count). The molecule has 0 aromatic heterocycles. The highest BCUT2D eigenvalue weighted by atomic mass is 32.2. The number of cyclic esters (lactones) is 1. The van der Waals surface area contributed by atoms with Crippen molar-refractivity contribution in [3.8, 4) is 0 Å². The van der Waals surface area contributed by atoms with Gasteiger partial charge in [0.05, 0.1) is 59.6 Å². The topological polar surface area (TPSA) is 260 Å². The molecule has 3 N–H and O–H groups in total. The van der Waals surface area contributed by atoms with Gasteiger partial charge in [-0.15, -0.1) is 0 Å². The Labute approximate surface area is 500 Å². The lowest BCUT2D eigenvalue weighted by atomic mass is 9.74. The first kappa shape index (κ1) is 71.1. The third kappa shape index (κ3) is 18.5. The van der Waals surface area contributed by atoms with Crippen molar-refractivity contribution in [3.05, 3.63) is 42.5 Å². The second-order valence-corrected chi connectivity index (χ2v) is 28.1. The first-order chi connectivity index (χ1) is 39.1. The minimum absolute atomic E-state index is 0.00628. The third-order valence-corrected chi connectivity index (χ3v) is 19.1. The van der Waals surface area contributed by atoms with Gasteiger partial charge in [0.15, 0.2) is 40.1 Å². The first-order valence-corrected chi connectivity index (χ1v) is 31.7. The van der Waals surface area contributed by atoms with Crippen LogP contribution < -0.4 is 5.32 Å². The zero-order chi connectivity index (χ0) is 62.9. The molecule has 1 aromatic carbocycles. The van der Waals surface area contributed by atoms with Crippen LogP contribution in [0.3, 0.4) is 0 Å². The molecule has 84 heavy (non-hydrogen) atoms. The van der Waals surface area contributed by atoms with Crippen LogP contribution in [0.25, 0.3) is 0 Å².